The van der Waals surface area contributed by atoms with Crippen molar-refractivity contribution < 1.29 is 4.79 Å². The predicted octanol–water partition coefficient (Wildman–Crippen LogP) is 3.22. The lowest BCUT2D eigenvalue weighted by Gasteiger charge is -2.46. The van der Waals surface area contributed by atoms with E-state index in [0.717, 1.165) is 19.4 Å². The summed E-state index contributed by atoms with van der Waals surface area (Å²) in [4.78, 5) is 17.6. The van der Waals surface area contributed by atoms with E-state index in [1.54, 1.807) is 0 Å². The third kappa shape index (κ3) is 2.04. The molecule has 1 aliphatic carbocycles. The van der Waals surface area contributed by atoms with Crippen molar-refractivity contribution in [3.05, 3.63) is 35.5 Å². The highest BCUT2D eigenvalue weighted by Gasteiger charge is 2.41. The molecule has 1 saturated heterocycles. The lowest BCUT2D eigenvalue weighted by atomic mass is 9.70. The number of fused-ring (bicyclic) bond motifs is 2. The molecule has 1 unspecified atom stereocenters. The zero-order chi connectivity index (χ0) is 15.4. The summed E-state index contributed by atoms with van der Waals surface area (Å²) in [6.45, 7) is 3.02. The molecule has 1 aliphatic heterocycles. The van der Waals surface area contributed by atoms with Gasteiger partial charge in [0.05, 0.1) is 0 Å². The first-order valence-corrected chi connectivity index (χ1v) is 8.53. The molecule has 1 aromatic heterocycles. The maximum Gasteiger partial charge on any atom is 0.189 e. The number of aromatic amines is 1. The van der Waals surface area contributed by atoms with Gasteiger partial charge in [0.15, 0.2) is 5.12 Å². The van der Waals surface area contributed by atoms with E-state index in [1.165, 1.54) is 22.0 Å². The largest absolute Gasteiger partial charge is 0.361 e. The number of carbonyl (C=O) groups is 1. The summed E-state index contributed by atoms with van der Waals surface area (Å²) in [7, 11) is 2.21. The smallest absolute Gasteiger partial charge is 0.189 e. The number of thiol groups is 1. The highest BCUT2D eigenvalue weighted by atomic mass is 32.1. The molecular formula is C18H22N2OS. The minimum absolute atomic E-state index is 0.0215. The van der Waals surface area contributed by atoms with Crippen LogP contribution in [0.5, 0.6) is 0 Å². The van der Waals surface area contributed by atoms with Crippen molar-refractivity contribution in [3.8, 4) is 0 Å². The fourth-order valence-corrected chi connectivity index (χ4v) is 4.76. The van der Waals surface area contributed by atoms with Gasteiger partial charge >= 0.3 is 0 Å². The second-order valence-corrected chi connectivity index (χ2v) is 7.46. The normalized spacial score (nSPS) is 29.3. The molecular weight excluding hydrogens is 292 g/mol. The summed E-state index contributed by atoms with van der Waals surface area (Å²) < 4.78 is 0. The summed E-state index contributed by atoms with van der Waals surface area (Å²) in [5.74, 6) is 0.941. The Morgan fingerprint density at radius 1 is 1.45 bits per heavy atom. The Morgan fingerprint density at radius 3 is 3.05 bits per heavy atom. The quantitative estimate of drug-likeness (QED) is 0.835. The predicted molar refractivity (Wildman–Crippen MR) is 92.4 cm³/mol. The van der Waals surface area contributed by atoms with Crippen LogP contribution >= 0.6 is 12.6 Å². The molecule has 2 aliphatic rings. The van der Waals surface area contributed by atoms with Gasteiger partial charge in [0.1, 0.15) is 0 Å². The fraction of sp³-hybridized carbons (Fsp3) is 0.500. The van der Waals surface area contributed by atoms with Crippen molar-refractivity contribution in [1.82, 2.24) is 9.88 Å². The van der Waals surface area contributed by atoms with E-state index in [9.17, 15) is 4.79 Å². The summed E-state index contributed by atoms with van der Waals surface area (Å²) in [6, 6.07) is 7.14. The van der Waals surface area contributed by atoms with Crippen LogP contribution in [-0.4, -0.2) is 34.6 Å². The maximum absolute atomic E-state index is 11.7. The van der Waals surface area contributed by atoms with Gasteiger partial charge in [0, 0.05) is 41.5 Å². The number of aromatic nitrogens is 1. The van der Waals surface area contributed by atoms with Gasteiger partial charge in [-0.15, -0.1) is 12.6 Å². The van der Waals surface area contributed by atoms with Crippen LogP contribution in [0, 0.1) is 11.8 Å². The molecule has 1 aromatic carbocycles. The van der Waals surface area contributed by atoms with Gasteiger partial charge in [0.2, 0.25) is 0 Å². The summed E-state index contributed by atoms with van der Waals surface area (Å²) in [6.07, 6.45) is 4.37. The number of nitrogens with zero attached hydrogens (tertiary/aromatic N) is 1. The number of carbonyl (C=O) groups excluding carboxylic acids is 1. The lowest BCUT2D eigenvalue weighted by molar-refractivity contribution is -0.116. The monoisotopic (exact) mass is 314 g/mol. The maximum atomic E-state index is 11.7. The molecule has 0 bridgehead atoms. The van der Waals surface area contributed by atoms with Crippen LogP contribution in [0.2, 0.25) is 0 Å². The highest BCUT2D eigenvalue weighted by Crippen LogP contribution is 2.45. The van der Waals surface area contributed by atoms with Crippen LogP contribution in [-0.2, 0) is 11.2 Å². The molecule has 1 fully saturated rings. The zero-order valence-corrected chi connectivity index (χ0v) is 13.9. The zero-order valence-electron chi connectivity index (χ0n) is 13.0. The fourth-order valence-electron chi connectivity index (χ4n) is 4.55. The van der Waals surface area contributed by atoms with E-state index in [2.05, 4.69) is 54.0 Å². The second-order valence-electron chi connectivity index (χ2n) is 7.02. The molecule has 4 rings (SSSR count). The molecule has 0 saturated carbocycles. The molecule has 2 aromatic rings. The van der Waals surface area contributed by atoms with Gasteiger partial charge in [0.25, 0.3) is 0 Å². The lowest BCUT2D eigenvalue weighted by Crippen LogP contribution is -2.49. The molecule has 22 heavy (non-hydrogen) atoms. The Kier molecular flexibility index (Phi) is 3.35. The highest BCUT2D eigenvalue weighted by molar-refractivity contribution is 7.96. The number of piperidine rings is 1. The summed E-state index contributed by atoms with van der Waals surface area (Å²) in [5, 5.41) is 1.44. The third-order valence-electron chi connectivity index (χ3n) is 5.85. The Bertz CT molecular complexity index is 738. The number of H-pyrrole nitrogens is 1. The van der Waals surface area contributed by atoms with Crippen LogP contribution in [0.1, 0.15) is 30.4 Å². The van der Waals surface area contributed by atoms with Crippen molar-refractivity contribution in [2.24, 2.45) is 11.8 Å². The third-order valence-corrected chi connectivity index (χ3v) is 6.26. The molecule has 0 spiro atoms. The molecule has 4 heteroatoms. The SMILES string of the molecule is CC(C(=O)S)[C@@H]1C[C@@H]2c3cccc4[nH]cc(c34)C[C@H]2N(C)C1. The molecule has 116 valence electrons. The number of benzene rings is 1. The van der Waals surface area contributed by atoms with E-state index < -0.39 is 0 Å². The van der Waals surface area contributed by atoms with Crippen LogP contribution < -0.4 is 0 Å². The molecule has 1 N–H and O–H groups in total. The molecule has 3 nitrogen and oxygen atoms in total. The van der Waals surface area contributed by atoms with Crippen LogP contribution in [0.3, 0.4) is 0 Å². The Hall–Kier alpha value is -1.26. The van der Waals surface area contributed by atoms with E-state index in [0.29, 0.717) is 17.9 Å². The first-order chi connectivity index (χ1) is 10.6. The number of hydrogen-bond donors (Lipinski definition) is 2. The van der Waals surface area contributed by atoms with Gasteiger partial charge in [-0.1, -0.05) is 19.1 Å². The Balaban J connectivity index is 1.76. The van der Waals surface area contributed by atoms with Crippen LogP contribution in [0.25, 0.3) is 10.9 Å². The van der Waals surface area contributed by atoms with E-state index in [4.69, 9.17) is 0 Å². The first kappa shape index (κ1) is 14.3. The molecule has 4 atom stereocenters. The van der Waals surface area contributed by atoms with Gasteiger partial charge in [-0.25, -0.2) is 0 Å². The van der Waals surface area contributed by atoms with Gasteiger partial charge < -0.3 is 9.88 Å². The van der Waals surface area contributed by atoms with Crippen molar-refractivity contribution in [3.63, 3.8) is 0 Å². The minimum atomic E-state index is 0.0215. The number of hydrogen-bond acceptors (Lipinski definition) is 2. The van der Waals surface area contributed by atoms with E-state index in [1.807, 2.05) is 6.92 Å². The van der Waals surface area contributed by atoms with Crippen molar-refractivity contribution in [2.75, 3.05) is 13.6 Å². The average Bonchev–Trinajstić information content (AvgIpc) is 2.92. The van der Waals surface area contributed by atoms with Crippen LogP contribution in [0.15, 0.2) is 24.4 Å². The van der Waals surface area contributed by atoms with Gasteiger partial charge in [-0.05, 0) is 43.0 Å². The number of likely N-dealkylation sites (tertiary alicyclic amines) is 1. The van der Waals surface area contributed by atoms with Crippen molar-refractivity contribution in [2.45, 2.75) is 31.7 Å². The molecule has 0 radical (unpaired) electrons. The van der Waals surface area contributed by atoms with E-state index >= 15 is 0 Å². The summed E-state index contributed by atoms with van der Waals surface area (Å²) >= 11 is 4.07. The Morgan fingerprint density at radius 2 is 2.27 bits per heavy atom. The first-order valence-electron chi connectivity index (χ1n) is 8.08. The Labute approximate surface area is 136 Å². The van der Waals surface area contributed by atoms with Crippen molar-refractivity contribution in [1.29, 1.82) is 0 Å². The topological polar surface area (TPSA) is 36.1 Å². The minimum Gasteiger partial charge on any atom is -0.361 e. The van der Waals surface area contributed by atoms with Gasteiger partial charge in [-0.3, -0.25) is 4.79 Å². The summed E-state index contributed by atoms with van der Waals surface area (Å²) in [5.41, 5.74) is 4.14. The van der Waals surface area contributed by atoms with E-state index in [-0.39, 0.29) is 11.0 Å². The van der Waals surface area contributed by atoms with Gasteiger partial charge in [-0.2, -0.15) is 0 Å². The molecule has 2 heterocycles. The second kappa shape index (κ2) is 5.14. The number of likely N-dealkylation sites (N-methyl/N-ethyl adjacent to an activating group) is 1. The standard InChI is InChI=1S/C18H22N2OS/c1-10(18(21)22)12-6-14-13-4-3-5-15-17(13)11(8-19-15)7-16(14)20(2)9-12/h3-5,8,10,12,14,16,19H,6-7,9H2,1-2H3,(H,21,22)/t10?,12-,14-,16-/m1/s1. The number of rotatable bonds is 2. The van der Waals surface area contributed by atoms with Crippen molar-refractivity contribution >= 4 is 28.6 Å². The number of nitrogens with one attached hydrogen (secondary N) is 1. The van der Waals surface area contributed by atoms with Crippen LogP contribution in [0.4, 0.5) is 0 Å². The molecule has 0 amide bonds. The average molecular weight is 314 g/mol.